The molecule has 2 rings (SSSR count). The van der Waals surface area contributed by atoms with E-state index in [0.29, 0.717) is 21.7 Å². The Labute approximate surface area is 131 Å². The number of aryl methyl sites for hydroxylation is 1. The van der Waals surface area contributed by atoms with Crippen molar-refractivity contribution in [1.82, 2.24) is 0 Å². The van der Waals surface area contributed by atoms with Crippen LogP contribution >= 0.6 is 15.9 Å². The molecule has 0 saturated heterocycles. The summed E-state index contributed by atoms with van der Waals surface area (Å²) in [6, 6.07) is 10.5. The highest BCUT2D eigenvalue weighted by Crippen LogP contribution is 2.34. The summed E-state index contributed by atoms with van der Waals surface area (Å²) in [6.45, 7) is 2.07. The number of ether oxygens (including phenoxy) is 2. The zero-order chi connectivity index (χ0) is 15.4. The first kappa shape index (κ1) is 15.4. The zero-order valence-corrected chi connectivity index (χ0v) is 13.3. The summed E-state index contributed by atoms with van der Waals surface area (Å²) >= 11 is 3.23. The Bertz CT molecular complexity index is 667. The number of carbonyl (C=O) groups is 1. The molecule has 0 saturated carbocycles. The molecule has 4 nitrogen and oxygen atoms in total. The van der Waals surface area contributed by atoms with Crippen LogP contribution in [0, 0.1) is 0 Å². The smallest absolute Gasteiger partial charge is 0.336 e. The number of rotatable bonds is 5. The summed E-state index contributed by atoms with van der Waals surface area (Å²) in [7, 11) is 1.59. The van der Waals surface area contributed by atoms with Crippen LogP contribution in [0.15, 0.2) is 40.9 Å². The minimum Gasteiger partial charge on any atom is -0.493 e. The Kier molecular flexibility index (Phi) is 4.85. The van der Waals surface area contributed by atoms with E-state index in [1.165, 1.54) is 6.07 Å². The molecule has 0 spiro atoms. The lowest BCUT2D eigenvalue weighted by molar-refractivity contribution is 0.0696. The summed E-state index contributed by atoms with van der Waals surface area (Å²) in [4.78, 5) is 11.0. The van der Waals surface area contributed by atoms with Crippen LogP contribution in [0.2, 0.25) is 0 Å². The van der Waals surface area contributed by atoms with Crippen LogP contribution in [-0.4, -0.2) is 18.2 Å². The lowest BCUT2D eigenvalue weighted by atomic mass is 10.1. The van der Waals surface area contributed by atoms with Gasteiger partial charge < -0.3 is 14.6 Å². The van der Waals surface area contributed by atoms with E-state index in [2.05, 4.69) is 22.9 Å². The fraction of sp³-hybridized carbons (Fsp3) is 0.188. The fourth-order valence-corrected chi connectivity index (χ4v) is 2.40. The largest absolute Gasteiger partial charge is 0.493 e. The Morgan fingerprint density at radius 3 is 2.52 bits per heavy atom. The maximum Gasteiger partial charge on any atom is 0.336 e. The second-order valence-electron chi connectivity index (χ2n) is 4.39. The molecule has 110 valence electrons. The standard InChI is InChI=1S/C16H15BrO4/c1-3-10-4-7-14(15(8-10)20-2)21-11-5-6-12(16(18)19)13(17)9-11/h4-9H,3H2,1-2H3,(H,18,19). The summed E-state index contributed by atoms with van der Waals surface area (Å²) in [5.41, 5.74) is 1.34. The number of aromatic carboxylic acids is 1. The third-order valence-corrected chi connectivity index (χ3v) is 3.69. The molecule has 0 aliphatic carbocycles. The number of carboxylic acids is 1. The van der Waals surface area contributed by atoms with Crippen molar-refractivity contribution in [2.45, 2.75) is 13.3 Å². The van der Waals surface area contributed by atoms with E-state index >= 15 is 0 Å². The maximum atomic E-state index is 11.0. The first-order valence-electron chi connectivity index (χ1n) is 6.42. The molecule has 0 aromatic heterocycles. The van der Waals surface area contributed by atoms with Crippen molar-refractivity contribution < 1.29 is 19.4 Å². The monoisotopic (exact) mass is 350 g/mol. The van der Waals surface area contributed by atoms with E-state index in [1.807, 2.05) is 18.2 Å². The summed E-state index contributed by atoms with van der Waals surface area (Å²) in [5.74, 6) is 0.783. The van der Waals surface area contributed by atoms with E-state index in [1.54, 1.807) is 19.2 Å². The molecule has 5 heteroatoms. The van der Waals surface area contributed by atoms with E-state index in [9.17, 15) is 4.79 Å². The number of methoxy groups -OCH3 is 1. The van der Waals surface area contributed by atoms with Gasteiger partial charge in [-0.15, -0.1) is 0 Å². The van der Waals surface area contributed by atoms with Crippen LogP contribution in [0.25, 0.3) is 0 Å². The Morgan fingerprint density at radius 1 is 1.19 bits per heavy atom. The van der Waals surface area contributed by atoms with Gasteiger partial charge in [0.15, 0.2) is 11.5 Å². The molecule has 0 fully saturated rings. The predicted molar refractivity (Wildman–Crippen MR) is 83.5 cm³/mol. The number of halogens is 1. The molecule has 21 heavy (non-hydrogen) atoms. The van der Waals surface area contributed by atoms with E-state index in [-0.39, 0.29) is 5.56 Å². The third-order valence-electron chi connectivity index (χ3n) is 3.04. The first-order chi connectivity index (χ1) is 10.0. The molecule has 0 radical (unpaired) electrons. The van der Waals surface area contributed by atoms with Crippen LogP contribution < -0.4 is 9.47 Å². The lowest BCUT2D eigenvalue weighted by Gasteiger charge is -2.12. The number of benzene rings is 2. The molecule has 0 heterocycles. The molecule has 0 amide bonds. The summed E-state index contributed by atoms with van der Waals surface area (Å²) < 4.78 is 11.6. The van der Waals surface area contributed by atoms with Gasteiger partial charge in [0.25, 0.3) is 0 Å². The van der Waals surface area contributed by atoms with Gasteiger partial charge in [0.2, 0.25) is 0 Å². The van der Waals surface area contributed by atoms with E-state index < -0.39 is 5.97 Å². The predicted octanol–water partition coefficient (Wildman–Crippen LogP) is 4.51. The van der Waals surface area contributed by atoms with Crippen LogP contribution in [0.5, 0.6) is 17.2 Å². The molecule has 2 aromatic rings. The van der Waals surface area contributed by atoms with Crippen molar-refractivity contribution in [1.29, 1.82) is 0 Å². The molecular formula is C16H15BrO4. The van der Waals surface area contributed by atoms with Gasteiger partial charge in [-0.3, -0.25) is 0 Å². The Morgan fingerprint density at radius 2 is 1.95 bits per heavy atom. The average molecular weight is 351 g/mol. The van der Waals surface area contributed by atoms with Crippen molar-refractivity contribution in [2.75, 3.05) is 7.11 Å². The normalized spacial score (nSPS) is 10.2. The van der Waals surface area contributed by atoms with E-state index in [4.69, 9.17) is 14.6 Å². The Balaban J connectivity index is 2.30. The van der Waals surface area contributed by atoms with Gasteiger partial charge in [-0.25, -0.2) is 4.79 Å². The van der Waals surface area contributed by atoms with Gasteiger partial charge in [-0.05, 0) is 58.2 Å². The highest BCUT2D eigenvalue weighted by molar-refractivity contribution is 9.10. The third kappa shape index (κ3) is 3.55. The quantitative estimate of drug-likeness (QED) is 0.861. The van der Waals surface area contributed by atoms with Crippen molar-refractivity contribution in [3.63, 3.8) is 0 Å². The van der Waals surface area contributed by atoms with Crippen molar-refractivity contribution >= 4 is 21.9 Å². The van der Waals surface area contributed by atoms with Crippen LogP contribution in [0.1, 0.15) is 22.8 Å². The van der Waals surface area contributed by atoms with Gasteiger partial charge in [-0.2, -0.15) is 0 Å². The van der Waals surface area contributed by atoms with Gasteiger partial charge in [0, 0.05) is 4.47 Å². The van der Waals surface area contributed by atoms with Crippen molar-refractivity contribution in [3.05, 3.63) is 52.0 Å². The molecule has 0 aliphatic rings. The topological polar surface area (TPSA) is 55.8 Å². The van der Waals surface area contributed by atoms with E-state index in [0.717, 1.165) is 12.0 Å². The second kappa shape index (κ2) is 6.63. The number of carboxylic acid groups (broad SMARTS) is 1. The van der Waals surface area contributed by atoms with Gasteiger partial charge in [-0.1, -0.05) is 13.0 Å². The molecule has 0 aliphatic heterocycles. The van der Waals surface area contributed by atoms with Crippen LogP contribution in [-0.2, 0) is 6.42 Å². The maximum absolute atomic E-state index is 11.0. The number of hydrogen-bond donors (Lipinski definition) is 1. The highest BCUT2D eigenvalue weighted by Gasteiger charge is 2.11. The molecule has 0 atom stereocenters. The lowest BCUT2D eigenvalue weighted by Crippen LogP contribution is -1.98. The van der Waals surface area contributed by atoms with Crippen molar-refractivity contribution in [3.8, 4) is 17.2 Å². The average Bonchev–Trinajstić information content (AvgIpc) is 2.47. The van der Waals surface area contributed by atoms with Crippen molar-refractivity contribution in [2.24, 2.45) is 0 Å². The van der Waals surface area contributed by atoms with Crippen LogP contribution in [0.4, 0.5) is 0 Å². The minimum atomic E-state index is -0.988. The van der Waals surface area contributed by atoms with Crippen LogP contribution in [0.3, 0.4) is 0 Å². The SMILES string of the molecule is CCc1ccc(Oc2ccc(C(=O)O)c(Br)c2)c(OC)c1. The zero-order valence-electron chi connectivity index (χ0n) is 11.7. The second-order valence-corrected chi connectivity index (χ2v) is 5.24. The van der Waals surface area contributed by atoms with Gasteiger partial charge in [0.05, 0.1) is 12.7 Å². The molecule has 0 bridgehead atoms. The fourth-order valence-electron chi connectivity index (χ4n) is 1.88. The Hall–Kier alpha value is -2.01. The summed E-state index contributed by atoms with van der Waals surface area (Å²) in [5, 5.41) is 9.00. The number of hydrogen-bond acceptors (Lipinski definition) is 3. The summed E-state index contributed by atoms with van der Waals surface area (Å²) in [6.07, 6.45) is 0.912. The minimum absolute atomic E-state index is 0.190. The highest BCUT2D eigenvalue weighted by atomic mass is 79.9. The van der Waals surface area contributed by atoms with Gasteiger partial charge >= 0.3 is 5.97 Å². The molecular weight excluding hydrogens is 336 g/mol. The first-order valence-corrected chi connectivity index (χ1v) is 7.22. The molecule has 2 aromatic carbocycles. The molecule has 1 N–H and O–H groups in total. The molecule has 0 unspecified atom stereocenters. The van der Waals surface area contributed by atoms with Gasteiger partial charge in [0.1, 0.15) is 5.75 Å².